The molecule has 1 aromatic carbocycles. The summed E-state index contributed by atoms with van der Waals surface area (Å²) >= 11 is 0. The van der Waals surface area contributed by atoms with E-state index in [0.717, 1.165) is 43.1 Å². The number of nitrogens with two attached hydrogens (primary N) is 1. The number of rotatable bonds is 6. The summed E-state index contributed by atoms with van der Waals surface area (Å²) < 4.78 is 23.6. The van der Waals surface area contributed by atoms with Crippen molar-refractivity contribution in [1.82, 2.24) is 34.3 Å². The molecule has 5 heterocycles. The average molecular weight is 511 g/mol. The highest BCUT2D eigenvalue weighted by atomic mass is 19.1. The number of nitrogen functional groups attached to an aromatic ring is 1. The second kappa shape index (κ2) is 9.87. The van der Waals surface area contributed by atoms with Gasteiger partial charge in [-0.2, -0.15) is 15.5 Å². The molecule has 4 aromatic heterocycles. The highest BCUT2D eigenvalue weighted by Crippen LogP contribution is 2.27. The van der Waals surface area contributed by atoms with E-state index in [-0.39, 0.29) is 22.6 Å². The third kappa shape index (κ3) is 4.51. The Labute approximate surface area is 216 Å². The zero-order valence-electron chi connectivity index (χ0n) is 20.3. The number of anilines is 3. The van der Waals surface area contributed by atoms with Crippen molar-refractivity contribution in [3.63, 3.8) is 0 Å². The van der Waals surface area contributed by atoms with Gasteiger partial charge in [-0.25, -0.2) is 18.9 Å². The first kappa shape index (κ1) is 23.5. The predicted octanol–water partition coefficient (Wildman–Crippen LogP) is 3.66. The van der Waals surface area contributed by atoms with Crippen molar-refractivity contribution in [2.45, 2.75) is 25.3 Å². The summed E-state index contributed by atoms with van der Waals surface area (Å²) in [5.74, 6) is -0.0876. The van der Waals surface area contributed by atoms with Gasteiger partial charge in [0.15, 0.2) is 17.3 Å². The van der Waals surface area contributed by atoms with Crippen molar-refractivity contribution in [2.75, 3.05) is 24.3 Å². The van der Waals surface area contributed by atoms with Crippen LogP contribution in [-0.4, -0.2) is 47.6 Å². The van der Waals surface area contributed by atoms with E-state index in [9.17, 15) is 4.39 Å². The molecule has 0 atom stereocenters. The zero-order valence-corrected chi connectivity index (χ0v) is 20.3. The molecule has 12 heteroatoms. The molecule has 0 radical (unpaired) electrons. The van der Waals surface area contributed by atoms with Crippen molar-refractivity contribution in [3.05, 3.63) is 78.0 Å². The molecule has 0 amide bonds. The second-order valence-electron chi connectivity index (χ2n) is 8.94. The van der Waals surface area contributed by atoms with E-state index in [1.165, 1.54) is 16.6 Å². The van der Waals surface area contributed by atoms with Crippen LogP contribution in [-0.2, 0) is 11.2 Å². The highest BCUT2D eigenvalue weighted by molar-refractivity contribution is 5.68. The fourth-order valence-electron chi connectivity index (χ4n) is 4.53. The lowest BCUT2D eigenvalue weighted by atomic mass is 10.1. The summed E-state index contributed by atoms with van der Waals surface area (Å²) in [5, 5.41) is 21.6. The Morgan fingerprint density at radius 1 is 1.16 bits per heavy atom. The topological polar surface area (TPSA) is 145 Å². The van der Waals surface area contributed by atoms with Gasteiger partial charge >= 0.3 is 0 Å². The summed E-state index contributed by atoms with van der Waals surface area (Å²) in [4.78, 5) is 13.4. The molecule has 1 aliphatic rings. The summed E-state index contributed by atoms with van der Waals surface area (Å²) in [6.45, 7) is 1.49. The van der Waals surface area contributed by atoms with Gasteiger partial charge in [0.1, 0.15) is 11.9 Å². The van der Waals surface area contributed by atoms with Crippen LogP contribution < -0.4 is 11.1 Å². The van der Waals surface area contributed by atoms with Crippen molar-refractivity contribution in [3.8, 4) is 17.3 Å². The van der Waals surface area contributed by atoms with Crippen LogP contribution in [0.4, 0.5) is 21.6 Å². The fourth-order valence-corrected chi connectivity index (χ4v) is 4.53. The van der Waals surface area contributed by atoms with Crippen molar-refractivity contribution in [2.24, 2.45) is 0 Å². The average Bonchev–Trinajstić information content (AvgIpc) is 3.58. The summed E-state index contributed by atoms with van der Waals surface area (Å²) in [7, 11) is 0. The fraction of sp³-hybridized carbons (Fsp3) is 0.231. The first-order chi connectivity index (χ1) is 18.6. The largest absolute Gasteiger partial charge is 0.381 e. The Morgan fingerprint density at radius 2 is 2.03 bits per heavy atom. The van der Waals surface area contributed by atoms with Gasteiger partial charge in [0.05, 0.1) is 53.2 Å². The van der Waals surface area contributed by atoms with Gasteiger partial charge in [0, 0.05) is 31.2 Å². The van der Waals surface area contributed by atoms with Crippen LogP contribution in [0.1, 0.15) is 36.0 Å². The maximum atomic E-state index is 14.7. The number of aromatic nitrogens is 7. The van der Waals surface area contributed by atoms with Crippen LogP contribution in [0.15, 0.2) is 55.1 Å². The number of benzene rings is 1. The number of halogens is 1. The molecule has 0 bridgehead atoms. The van der Waals surface area contributed by atoms with Crippen LogP contribution in [0, 0.1) is 17.1 Å². The lowest BCUT2D eigenvalue weighted by molar-refractivity contribution is 0.0662. The molecule has 1 saturated heterocycles. The van der Waals surface area contributed by atoms with Crippen molar-refractivity contribution in [1.29, 1.82) is 5.26 Å². The first-order valence-corrected chi connectivity index (χ1v) is 12.1. The van der Waals surface area contributed by atoms with E-state index >= 15 is 0 Å². The Morgan fingerprint density at radius 3 is 2.87 bits per heavy atom. The quantitative estimate of drug-likeness (QED) is 0.349. The van der Waals surface area contributed by atoms with E-state index < -0.39 is 5.82 Å². The van der Waals surface area contributed by atoms with E-state index in [2.05, 4.69) is 30.5 Å². The smallest absolute Gasteiger partial charge is 0.198 e. The van der Waals surface area contributed by atoms with Gasteiger partial charge < -0.3 is 15.8 Å². The summed E-state index contributed by atoms with van der Waals surface area (Å²) in [6.07, 6.45) is 9.24. The molecule has 3 N–H and O–H groups in total. The maximum absolute atomic E-state index is 14.7. The Hall–Kier alpha value is -4.89. The molecule has 38 heavy (non-hydrogen) atoms. The van der Waals surface area contributed by atoms with Crippen LogP contribution in [0.2, 0.25) is 0 Å². The third-order valence-electron chi connectivity index (χ3n) is 6.45. The Kier molecular flexibility index (Phi) is 6.11. The molecule has 0 spiro atoms. The Balaban J connectivity index is 1.26. The Bertz CT molecular complexity index is 1660. The van der Waals surface area contributed by atoms with Gasteiger partial charge in [-0.05, 0) is 37.1 Å². The number of nitrogens with one attached hydrogen (secondary N) is 1. The third-order valence-corrected chi connectivity index (χ3v) is 6.45. The standard InChI is InChI=1S/C26H23FN10O/c27-24-16(12-28)3-1-4-19(24)22-15-37-26(25(29)33-22)34-23(35-37)11-21-20(5-2-8-30-21)32-17-13-31-36(14-17)18-6-9-38-10-7-18/h1-5,8,13-15,18,32H,6-7,9-11H2,(H2,29,33). The molecule has 6 rings (SSSR count). The maximum Gasteiger partial charge on any atom is 0.198 e. The summed E-state index contributed by atoms with van der Waals surface area (Å²) in [6, 6.07) is 10.5. The van der Waals surface area contributed by atoms with Gasteiger partial charge in [0.25, 0.3) is 0 Å². The van der Waals surface area contributed by atoms with Gasteiger partial charge in [0.2, 0.25) is 0 Å². The number of hydrogen-bond acceptors (Lipinski definition) is 9. The monoisotopic (exact) mass is 510 g/mol. The van der Waals surface area contributed by atoms with Crippen molar-refractivity contribution >= 4 is 22.8 Å². The lowest BCUT2D eigenvalue weighted by Gasteiger charge is -2.22. The minimum absolute atomic E-state index is 0.0734. The number of fused-ring (bicyclic) bond motifs is 1. The van der Waals surface area contributed by atoms with E-state index in [1.54, 1.807) is 24.7 Å². The molecule has 0 unspecified atom stereocenters. The normalized spacial score (nSPS) is 14.0. The molecule has 11 nitrogen and oxygen atoms in total. The van der Waals surface area contributed by atoms with Gasteiger partial charge in [-0.3, -0.25) is 9.67 Å². The van der Waals surface area contributed by atoms with Crippen LogP contribution in [0.5, 0.6) is 0 Å². The van der Waals surface area contributed by atoms with Crippen LogP contribution in [0.3, 0.4) is 0 Å². The molecule has 5 aromatic rings. The van der Waals surface area contributed by atoms with Crippen molar-refractivity contribution < 1.29 is 9.13 Å². The highest BCUT2D eigenvalue weighted by Gasteiger charge is 2.18. The van der Waals surface area contributed by atoms with E-state index in [4.69, 9.17) is 15.7 Å². The number of pyridine rings is 1. The van der Waals surface area contributed by atoms with Crippen LogP contribution >= 0.6 is 0 Å². The molecular formula is C26H23FN10O. The molecule has 190 valence electrons. The predicted molar refractivity (Wildman–Crippen MR) is 137 cm³/mol. The first-order valence-electron chi connectivity index (χ1n) is 12.1. The van der Waals surface area contributed by atoms with Crippen LogP contribution in [0.25, 0.3) is 16.9 Å². The molecule has 0 saturated carbocycles. The van der Waals surface area contributed by atoms with Gasteiger partial charge in [-0.1, -0.05) is 6.07 Å². The second-order valence-corrected chi connectivity index (χ2v) is 8.94. The number of nitrogens with zero attached hydrogens (tertiary/aromatic N) is 8. The van der Waals surface area contributed by atoms with E-state index in [1.807, 2.05) is 29.1 Å². The lowest BCUT2D eigenvalue weighted by Crippen LogP contribution is -2.19. The molecule has 0 aliphatic carbocycles. The SMILES string of the molecule is N#Cc1cccc(-c2cn3nc(Cc4ncccc4Nc4cnn(C5CCOCC5)c4)nc3c(N)n2)c1F. The zero-order chi connectivity index (χ0) is 26.1. The molecular weight excluding hydrogens is 487 g/mol. The molecule has 1 fully saturated rings. The minimum atomic E-state index is -0.661. The number of ether oxygens (including phenoxy) is 1. The van der Waals surface area contributed by atoms with Gasteiger partial charge in [-0.15, -0.1) is 0 Å². The number of nitriles is 1. The molecule has 1 aliphatic heterocycles. The minimum Gasteiger partial charge on any atom is -0.381 e. The number of hydrogen-bond donors (Lipinski definition) is 2. The summed E-state index contributed by atoms with van der Waals surface area (Å²) in [5.41, 5.74) is 9.24. The van der Waals surface area contributed by atoms with E-state index in [0.29, 0.717) is 23.9 Å².